The highest BCUT2D eigenvalue weighted by atomic mass is 32.2. The maximum atomic E-state index is 12.2. The van der Waals surface area contributed by atoms with Crippen LogP contribution in [-0.4, -0.2) is 47.3 Å². The van der Waals surface area contributed by atoms with E-state index < -0.39 is 10.0 Å². The van der Waals surface area contributed by atoms with Crippen LogP contribution < -0.4 is 5.32 Å². The maximum Gasteiger partial charge on any atom is 0.222 e. The lowest BCUT2D eigenvalue weighted by atomic mass is 10.3. The molecule has 0 saturated carbocycles. The van der Waals surface area contributed by atoms with Gasteiger partial charge >= 0.3 is 0 Å². The number of anilines is 1. The van der Waals surface area contributed by atoms with Crippen molar-refractivity contribution in [3.05, 3.63) is 12.3 Å². The molecule has 1 aliphatic heterocycles. The van der Waals surface area contributed by atoms with Crippen LogP contribution in [0.2, 0.25) is 0 Å². The molecular formula is C13H22N4O3S. The first kappa shape index (κ1) is 16.0. The first-order chi connectivity index (χ1) is 9.92. The van der Waals surface area contributed by atoms with Crippen LogP contribution in [0.25, 0.3) is 0 Å². The van der Waals surface area contributed by atoms with E-state index in [1.807, 2.05) is 6.92 Å². The molecule has 1 fully saturated rings. The highest BCUT2D eigenvalue weighted by molar-refractivity contribution is 7.89. The number of rotatable bonds is 6. The fourth-order valence-electron chi connectivity index (χ4n) is 2.42. The Bertz CT molecular complexity index is 596. The number of amides is 1. The lowest BCUT2D eigenvalue weighted by Gasteiger charge is -2.16. The molecule has 118 valence electrons. The van der Waals surface area contributed by atoms with Gasteiger partial charge in [-0.2, -0.15) is 9.40 Å². The van der Waals surface area contributed by atoms with E-state index in [9.17, 15) is 13.2 Å². The third-order valence-electron chi connectivity index (χ3n) is 3.56. The topological polar surface area (TPSA) is 84.3 Å². The van der Waals surface area contributed by atoms with Crippen molar-refractivity contribution >= 4 is 21.7 Å². The first-order valence-electron chi connectivity index (χ1n) is 7.23. The number of sulfonamides is 1. The van der Waals surface area contributed by atoms with Crippen molar-refractivity contribution in [1.82, 2.24) is 14.1 Å². The second kappa shape index (κ2) is 6.57. The summed E-state index contributed by atoms with van der Waals surface area (Å²) in [6.07, 6.45) is 4.08. The van der Waals surface area contributed by atoms with Gasteiger partial charge in [0.15, 0.2) is 5.82 Å². The Balaban J connectivity index is 1.99. The van der Waals surface area contributed by atoms with Gasteiger partial charge in [-0.25, -0.2) is 8.42 Å². The van der Waals surface area contributed by atoms with E-state index in [4.69, 9.17) is 0 Å². The zero-order valence-electron chi connectivity index (χ0n) is 12.4. The van der Waals surface area contributed by atoms with E-state index in [1.54, 1.807) is 21.3 Å². The van der Waals surface area contributed by atoms with Crippen LogP contribution in [0.15, 0.2) is 12.3 Å². The zero-order valence-corrected chi connectivity index (χ0v) is 13.3. The predicted molar refractivity (Wildman–Crippen MR) is 80.5 cm³/mol. The molecule has 0 radical (unpaired) electrons. The molecule has 7 nitrogen and oxygen atoms in total. The summed E-state index contributed by atoms with van der Waals surface area (Å²) in [4.78, 5) is 11.0. The van der Waals surface area contributed by atoms with Gasteiger partial charge in [0.1, 0.15) is 0 Å². The zero-order chi connectivity index (χ0) is 15.5. The number of hydrogen-bond donors (Lipinski definition) is 1. The van der Waals surface area contributed by atoms with E-state index in [0.717, 1.165) is 12.8 Å². The molecule has 1 atom stereocenters. The van der Waals surface area contributed by atoms with Crippen molar-refractivity contribution in [3.8, 4) is 0 Å². The van der Waals surface area contributed by atoms with Crippen LogP contribution >= 0.6 is 0 Å². The Hall–Kier alpha value is -1.41. The second-order valence-corrected chi connectivity index (χ2v) is 7.42. The molecule has 8 heteroatoms. The van der Waals surface area contributed by atoms with E-state index in [1.165, 1.54) is 6.92 Å². The molecule has 1 aliphatic rings. The van der Waals surface area contributed by atoms with E-state index >= 15 is 0 Å². The number of unbranched alkanes of at least 4 members (excludes halogenated alkanes) is 1. The molecule has 0 bridgehead atoms. The van der Waals surface area contributed by atoms with Gasteiger partial charge in [0.25, 0.3) is 0 Å². The Morgan fingerprint density at radius 3 is 2.95 bits per heavy atom. The Kier molecular flexibility index (Phi) is 5.00. The van der Waals surface area contributed by atoms with Gasteiger partial charge in [-0.15, -0.1) is 0 Å². The van der Waals surface area contributed by atoms with Crippen molar-refractivity contribution in [1.29, 1.82) is 0 Å². The molecule has 21 heavy (non-hydrogen) atoms. The van der Waals surface area contributed by atoms with Gasteiger partial charge in [-0.3, -0.25) is 9.48 Å². The van der Waals surface area contributed by atoms with Gasteiger partial charge in [-0.05, 0) is 12.8 Å². The summed E-state index contributed by atoms with van der Waals surface area (Å²) in [5.41, 5.74) is 0. The van der Waals surface area contributed by atoms with Crippen LogP contribution in [0.1, 0.15) is 39.2 Å². The highest BCUT2D eigenvalue weighted by Crippen LogP contribution is 2.24. The lowest BCUT2D eigenvalue weighted by molar-refractivity contribution is -0.114. The summed E-state index contributed by atoms with van der Waals surface area (Å²) in [5, 5.41) is 6.89. The number of carbonyl (C=O) groups excluding carboxylic acids is 1. The molecule has 2 rings (SSSR count). The molecule has 2 heterocycles. The molecule has 0 aromatic carbocycles. The largest absolute Gasteiger partial charge is 0.309 e. The minimum absolute atomic E-state index is 0.0314. The fraction of sp³-hybridized carbons (Fsp3) is 0.692. The number of nitrogens with one attached hydrogen (secondary N) is 1. The predicted octanol–water partition coefficient (Wildman–Crippen LogP) is 1.22. The molecule has 1 amide bonds. The number of aromatic nitrogens is 2. The molecule has 1 saturated heterocycles. The second-order valence-electron chi connectivity index (χ2n) is 5.33. The van der Waals surface area contributed by atoms with Crippen LogP contribution in [0, 0.1) is 0 Å². The molecule has 1 aromatic heterocycles. The van der Waals surface area contributed by atoms with Gasteiger partial charge in [0.05, 0.1) is 11.8 Å². The van der Waals surface area contributed by atoms with E-state index in [-0.39, 0.29) is 17.7 Å². The average Bonchev–Trinajstić information content (AvgIpc) is 3.04. The molecule has 1 N–H and O–H groups in total. The summed E-state index contributed by atoms with van der Waals surface area (Å²) >= 11 is 0. The summed E-state index contributed by atoms with van der Waals surface area (Å²) < 4.78 is 27.6. The van der Waals surface area contributed by atoms with Gasteiger partial charge in [0.2, 0.25) is 15.9 Å². The average molecular weight is 314 g/mol. The minimum Gasteiger partial charge on any atom is -0.309 e. The van der Waals surface area contributed by atoms with Crippen LogP contribution in [0.4, 0.5) is 5.82 Å². The third-order valence-corrected chi connectivity index (χ3v) is 5.48. The number of nitrogens with zero attached hydrogens (tertiary/aromatic N) is 3. The quantitative estimate of drug-likeness (QED) is 0.855. The highest BCUT2D eigenvalue weighted by Gasteiger charge is 2.32. The van der Waals surface area contributed by atoms with E-state index in [2.05, 4.69) is 10.4 Å². The summed E-state index contributed by atoms with van der Waals surface area (Å²) in [6.45, 7) is 4.39. The van der Waals surface area contributed by atoms with Gasteiger partial charge < -0.3 is 5.32 Å². The van der Waals surface area contributed by atoms with Crippen molar-refractivity contribution in [2.24, 2.45) is 0 Å². The first-order valence-corrected chi connectivity index (χ1v) is 8.84. The van der Waals surface area contributed by atoms with Crippen molar-refractivity contribution in [2.75, 3.05) is 24.2 Å². The Morgan fingerprint density at radius 1 is 1.52 bits per heavy atom. The van der Waals surface area contributed by atoms with Crippen molar-refractivity contribution in [3.63, 3.8) is 0 Å². The summed E-state index contributed by atoms with van der Waals surface area (Å²) in [7, 11) is -3.15. The minimum atomic E-state index is -3.15. The molecule has 0 unspecified atom stereocenters. The van der Waals surface area contributed by atoms with Crippen LogP contribution in [0.5, 0.6) is 0 Å². The summed E-state index contributed by atoms with van der Waals surface area (Å²) in [6, 6.07) is 1.75. The van der Waals surface area contributed by atoms with Crippen molar-refractivity contribution < 1.29 is 13.2 Å². The Labute approximate surface area is 125 Å². The van der Waals surface area contributed by atoms with Crippen LogP contribution in [0.3, 0.4) is 0 Å². The smallest absolute Gasteiger partial charge is 0.222 e. The van der Waals surface area contributed by atoms with Gasteiger partial charge in [0, 0.05) is 32.3 Å². The van der Waals surface area contributed by atoms with E-state index in [0.29, 0.717) is 25.3 Å². The molecule has 1 aromatic rings. The normalized spacial score (nSPS) is 19.8. The van der Waals surface area contributed by atoms with Crippen LogP contribution in [-0.2, 0) is 14.8 Å². The number of hydrogen-bond acceptors (Lipinski definition) is 4. The Morgan fingerprint density at radius 2 is 2.29 bits per heavy atom. The van der Waals surface area contributed by atoms with Gasteiger partial charge in [-0.1, -0.05) is 13.3 Å². The van der Waals surface area contributed by atoms with Crippen molar-refractivity contribution in [2.45, 2.75) is 39.2 Å². The molecule has 0 aliphatic carbocycles. The summed E-state index contributed by atoms with van der Waals surface area (Å²) in [5.74, 6) is 0.539. The standard InChI is InChI=1S/C13H22N4O3S/c1-3-4-9-21(19,20)16-7-5-12(10-16)17-8-6-13(15-17)14-11(2)18/h6,8,12H,3-5,7,9-10H2,1-2H3,(H,14,15,18)/t12-/m0/s1. The lowest BCUT2D eigenvalue weighted by Crippen LogP contribution is -2.31. The monoisotopic (exact) mass is 314 g/mol. The third kappa shape index (κ3) is 4.04. The molecular weight excluding hydrogens is 292 g/mol. The maximum absolute atomic E-state index is 12.2. The molecule has 0 spiro atoms. The SMILES string of the molecule is CCCCS(=O)(=O)N1CC[C@H](n2ccc(NC(C)=O)n2)C1. The number of carbonyl (C=O) groups is 1. The fourth-order valence-corrected chi connectivity index (χ4v) is 4.12.